The van der Waals surface area contributed by atoms with E-state index in [2.05, 4.69) is 31.3 Å². The standard InChI is InChI=1S/C51H100NO12P/c1-3-5-7-9-11-13-15-17-19-21-23-25-27-29-31-33-35-37-39-44(54)43(41-63-65(61,62)64-51-49(59)47(57)46(56)48(58)50(51)60)52-45(55)40-42(53)38-36-34-32-30-28-26-24-22-20-18-16-14-12-10-8-6-4-2/h22,24,42-44,46-51,53-54,56-60H,3-21,23,25-41H2,1-2H3,(H,52,55)(H,61,62)/b24-22-. The zero-order chi connectivity index (χ0) is 48.0. The first-order valence-corrected chi connectivity index (χ1v) is 28.2. The summed E-state index contributed by atoms with van der Waals surface area (Å²) in [6.07, 6.45) is 31.0. The number of phosphoric acid groups is 1. The Labute approximate surface area is 395 Å². The molecule has 0 aliphatic heterocycles. The van der Waals surface area contributed by atoms with E-state index in [0.29, 0.717) is 12.8 Å². The molecule has 0 heterocycles. The minimum atomic E-state index is -5.12. The fraction of sp³-hybridized carbons (Fsp3) is 0.941. The summed E-state index contributed by atoms with van der Waals surface area (Å²) in [5, 5.41) is 74.9. The maximum Gasteiger partial charge on any atom is 0.472 e. The first-order chi connectivity index (χ1) is 31.3. The second kappa shape index (κ2) is 40.9. The van der Waals surface area contributed by atoms with Crippen molar-refractivity contribution in [3.8, 4) is 0 Å². The van der Waals surface area contributed by atoms with Crippen LogP contribution in [0.2, 0.25) is 0 Å². The van der Waals surface area contributed by atoms with E-state index < -0.39 is 75.2 Å². The fourth-order valence-corrected chi connectivity index (χ4v) is 9.74. The molecule has 1 fully saturated rings. The summed E-state index contributed by atoms with van der Waals surface area (Å²) in [7, 11) is -5.12. The van der Waals surface area contributed by atoms with Gasteiger partial charge in [0.05, 0.1) is 31.3 Å². The number of aliphatic hydroxyl groups is 7. The first-order valence-electron chi connectivity index (χ1n) is 26.7. The molecule has 1 rings (SSSR count). The van der Waals surface area contributed by atoms with Crippen LogP contribution in [0.1, 0.15) is 245 Å². The highest BCUT2D eigenvalue weighted by molar-refractivity contribution is 7.47. The van der Waals surface area contributed by atoms with Crippen molar-refractivity contribution in [3.05, 3.63) is 12.2 Å². The lowest BCUT2D eigenvalue weighted by molar-refractivity contribution is -0.220. The van der Waals surface area contributed by atoms with Gasteiger partial charge in [0.15, 0.2) is 0 Å². The van der Waals surface area contributed by atoms with E-state index in [1.54, 1.807) is 0 Å². The number of allylic oxidation sites excluding steroid dienone is 2. The third-order valence-electron chi connectivity index (χ3n) is 13.1. The number of hydrogen-bond donors (Lipinski definition) is 9. The summed E-state index contributed by atoms with van der Waals surface area (Å²) in [6, 6.07) is -1.15. The van der Waals surface area contributed by atoms with Gasteiger partial charge in [0.2, 0.25) is 5.91 Å². The predicted molar refractivity (Wildman–Crippen MR) is 261 cm³/mol. The average Bonchev–Trinajstić information content (AvgIpc) is 3.28. The molecule has 0 saturated heterocycles. The Kier molecular flexibility index (Phi) is 39.0. The van der Waals surface area contributed by atoms with E-state index in [0.717, 1.165) is 70.6 Å². The summed E-state index contributed by atoms with van der Waals surface area (Å²) < 4.78 is 23.0. The van der Waals surface area contributed by atoms with Crippen molar-refractivity contribution in [2.45, 2.75) is 300 Å². The number of unbranched alkanes of at least 4 members (excludes halogenated alkanes) is 30. The number of carbonyl (C=O) groups is 1. The van der Waals surface area contributed by atoms with E-state index in [-0.39, 0.29) is 12.8 Å². The molecule has 9 N–H and O–H groups in total. The molecule has 65 heavy (non-hydrogen) atoms. The van der Waals surface area contributed by atoms with Crippen LogP contribution in [-0.2, 0) is 18.4 Å². The van der Waals surface area contributed by atoms with Crippen LogP contribution in [-0.4, -0.2) is 108 Å². The third-order valence-corrected chi connectivity index (χ3v) is 14.1. The molecule has 1 amide bonds. The zero-order valence-corrected chi connectivity index (χ0v) is 42.1. The topological polar surface area (TPSA) is 226 Å². The second-order valence-electron chi connectivity index (χ2n) is 19.3. The van der Waals surface area contributed by atoms with Gasteiger partial charge in [0.25, 0.3) is 0 Å². The molecule has 13 nitrogen and oxygen atoms in total. The van der Waals surface area contributed by atoms with Crippen LogP contribution in [0.5, 0.6) is 0 Å². The predicted octanol–water partition coefficient (Wildman–Crippen LogP) is 10.2. The van der Waals surface area contributed by atoms with Crippen molar-refractivity contribution in [2.24, 2.45) is 0 Å². The lowest BCUT2D eigenvalue weighted by atomic mass is 9.85. The lowest BCUT2D eigenvalue weighted by Crippen LogP contribution is -2.64. The molecule has 1 saturated carbocycles. The molecule has 1 aliphatic rings. The Morgan fingerprint density at radius 2 is 0.862 bits per heavy atom. The lowest BCUT2D eigenvalue weighted by Gasteiger charge is -2.41. The number of hydrogen-bond acceptors (Lipinski definition) is 11. The average molecular weight is 950 g/mol. The number of rotatable bonds is 45. The van der Waals surface area contributed by atoms with Gasteiger partial charge in [0.1, 0.15) is 36.6 Å². The Hall–Kier alpha value is -0.960. The van der Waals surface area contributed by atoms with Crippen molar-refractivity contribution in [3.63, 3.8) is 0 Å². The van der Waals surface area contributed by atoms with E-state index in [9.17, 15) is 50.0 Å². The maximum absolute atomic E-state index is 13.1. The molecule has 14 heteroatoms. The number of aliphatic hydroxyl groups excluding tert-OH is 7. The Bertz CT molecular complexity index is 1170. The van der Waals surface area contributed by atoms with Gasteiger partial charge in [0, 0.05) is 0 Å². The molecule has 8 atom stereocenters. The molecule has 0 spiro atoms. The molecule has 0 aromatic heterocycles. The van der Waals surface area contributed by atoms with Crippen LogP contribution >= 0.6 is 7.82 Å². The zero-order valence-electron chi connectivity index (χ0n) is 41.2. The minimum absolute atomic E-state index is 0.224. The van der Waals surface area contributed by atoms with Gasteiger partial charge >= 0.3 is 7.82 Å². The molecule has 1 aliphatic carbocycles. The fourth-order valence-electron chi connectivity index (χ4n) is 8.77. The largest absolute Gasteiger partial charge is 0.472 e. The van der Waals surface area contributed by atoms with E-state index >= 15 is 0 Å². The van der Waals surface area contributed by atoms with Gasteiger partial charge in [-0.05, 0) is 38.5 Å². The van der Waals surface area contributed by atoms with Crippen LogP contribution in [0.25, 0.3) is 0 Å². The van der Waals surface area contributed by atoms with Gasteiger partial charge in [-0.2, -0.15) is 0 Å². The van der Waals surface area contributed by atoms with Crippen LogP contribution in [0, 0.1) is 0 Å². The number of carbonyl (C=O) groups excluding carboxylic acids is 1. The SMILES string of the molecule is CCCCCCCCCC/C=C\CCCCCCCC(O)CC(=O)NC(COP(=O)(O)OC1C(O)C(O)C(O)C(O)C1O)C(O)CCCCCCCCCCCCCCCCCCCC. The monoisotopic (exact) mass is 950 g/mol. The number of phosphoric ester groups is 1. The highest BCUT2D eigenvalue weighted by Gasteiger charge is 2.51. The molecular weight excluding hydrogens is 850 g/mol. The van der Waals surface area contributed by atoms with Gasteiger partial charge in [-0.15, -0.1) is 0 Å². The van der Waals surface area contributed by atoms with Gasteiger partial charge in [-0.25, -0.2) is 4.57 Å². The summed E-state index contributed by atoms with van der Waals surface area (Å²) in [5.74, 6) is -0.561. The van der Waals surface area contributed by atoms with Gasteiger partial charge in [-0.1, -0.05) is 212 Å². The summed E-state index contributed by atoms with van der Waals surface area (Å²) in [4.78, 5) is 23.6. The molecular formula is C51H100NO12P. The highest BCUT2D eigenvalue weighted by Crippen LogP contribution is 2.47. The first kappa shape index (κ1) is 62.1. The van der Waals surface area contributed by atoms with Crippen molar-refractivity contribution >= 4 is 13.7 Å². The van der Waals surface area contributed by atoms with Crippen molar-refractivity contribution in [2.75, 3.05) is 6.61 Å². The van der Waals surface area contributed by atoms with Crippen molar-refractivity contribution in [1.29, 1.82) is 0 Å². The number of nitrogens with one attached hydrogen (secondary N) is 1. The van der Waals surface area contributed by atoms with Crippen LogP contribution in [0.4, 0.5) is 0 Å². The van der Waals surface area contributed by atoms with E-state index in [1.807, 2.05) is 0 Å². The smallest absolute Gasteiger partial charge is 0.393 e. The normalized spacial score (nSPS) is 22.6. The molecule has 0 aromatic rings. The van der Waals surface area contributed by atoms with Crippen LogP contribution < -0.4 is 5.32 Å². The molecule has 8 unspecified atom stereocenters. The molecule has 0 aromatic carbocycles. The van der Waals surface area contributed by atoms with Gasteiger partial charge < -0.3 is 46.0 Å². The van der Waals surface area contributed by atoms with Gasteiger partial charge in [-0.3, -0.25) is 13.8 Å². The van der Waals surface area contributed by atoms with E-state index in [1.165, 1.54) is 135 Å². The van der Waals surface area contributed by atoms with E-state index in [4.69, 9.17) is 9.05 Å². The summed E-state index contributed by atoms with van der Waals surface area (Å²) >= 11 is 0. The highest BCUT2D eigenvalue weighted by atomic mass is 31.2. The molecule has 386 valence electrons. The van der Waals surface area contributed by atoms with Crippen molar-refractivity contribution in [1.82, 2.24) is 5.32 Å². The Morgan fingerprint density at radius 1 is 0.523 bits per heavy atom. The summed E-state index contributed by atoms with van der Waals surface area (Å²) in [5.41, 5.74) is 0. The summed E-state index contributed by atoms with van der Waals surface area (Å²) in [6.45, 7) is 3.82. The maximum atomic E-state index is 13.1. The van der Waals surface area contributed by atoms with Crippen LogP contribution in [0.15, 0.2) is 12.2 Å². The van der Waals surface area contributed by atoms with Crippen LogP contribution in [0.3, 0.4) is 0 Å². The quantitative estimate of drug-likeness (QED) is 0.0158. The Balaban J connectivity index is 2.45. The second-order valence-corrected chi connectivity index (χ2v) is 20.7. The molecule has 0 bridgehead atoms. The van der Waals surface area contributed by atoms with Crippen molar-refractivity contribution < 1.29 is 59.0 Å². The third kappa shape index (κ3) is 32.5. The minimum Gasteiger partial charge on any atom is -0.393 e. The number of amides is 1. The Morgan fingerprint density at radius 3 is 1.26 bits per heavy atom. The molecule has 0 radical (unpaired) electrons.